The molecular weight excluding hydrogens is 238 g/mol. The van der Waals surface area contributed by atoms with Gasteiger partial charge in [-0.2, -0.15) is 0 Å². The summed E-state index contributed by atoms with van der Waals surface area (Å²) in [6.07, 6.45) is 4.88. The first-order chi connectivity index (χ1) is 3.00. The average molecular weight is 242 g/mol. The normalized spacial score (nSPS) is 6.00. The van der Waals surface area contributed by atoms with E-state index in [9.17, 15) is 0 Å². The first kappa shape index (κ1) is 11.1. The molecule has 0 aliphatic carbocycles. The van der Waals surface area contributed by atoms with Crippen LogP contribution in [0.25, 0.3) is 0 Å². The summed E-state index contributed by atoms with van der Waals surface area (Å²) >= 11 is 0. The minimum atomic E-state index is 0. The van der Waals surface area contributed by atoms with Crippen molar-refractivity contribution in [1.29, 1.82) is 0 Å². The molecule has 1 rings (SSSR count). The number of hydrogen-bond acceptors (Lipinski definition) is 2. The van der Waals surface area contributed by atoms with E-state index in [0.717, 1.165) is 0 Å². The summed E-state index contributed by atoms with van der Waals surface area (Å²) in [5.41, 5.74) is 0. The van der Waals surface area contributed by atoms with Gasteiger partial charge in [-0.1, -0.05) is 0 Å². The minimum Gasteiger partial charge on any atom is -0.245 e. The van der Waals surface area contributed by atoms with Crippen molar-refractivity contribution in [3.05, 3.63) is 24.8 Å². The monoisotopic (exact) mass is 242 g/mol. The molecule has 4 heteroatoms. The van der Waals surface area contributed by atoms with E-state index in [4.69, 9.17) is 0 Å². The largest absolute Gasteiger partial charge is 0.245 e. The van der Waals surface area contributed by atoms with Crippen LogP contribution in [0.15, 0.2) is 24.8 Å². The molecule has 0 saturated carbocycles. The molecular formula is C4H4FeN2Pd. The fraction of sp³-hybridized carbons (Fsp3) is 0. The van der Waals surface area contributed by atoms with E-state index in [2.05, 4.69) is 9.97 Å². The second-order valence-corrected chi connectivity index (χ2v) is 0.904. The standard InChI is InChI=1S/C4H4N2.Fe.Pd/c1-2-5-4-6-3-1;;/h1-4H;;. The zero-order valence-corrected chi connectivity index (χ0v) is 6.53. The van der Waals surface area contributed by atoms with Crippen LogP contribution >= 0.6 is 0 Å². The van der Waals surface area contributed by atoms with Crippen LogP contribution in [0, 0.1) is 0 Å². The van der Waals surface area contributed by atoms with Crippen molar-refractivity contribution >= 4 is 0 Å². The molecule has 0 amide bonds. The molecule has 2 nitrogen and oxygen atoms in total. The maximum absolute atomic E-state index is 3.67. The Kier molecular flexibility index (Phi) is 10.1. The van der Waals surface area contributed by atoms with Gasteiger partial charge in [0.2, 0.25) is 0 Å². The van der Waals surface area contributed by atoms with Crippen LogP contribution in [-0.4, -0.2) is 9.97 Å². The quantitative estimate of drug-likeness (QED) is 0.618. The maximum atomic E-state index is 3.67. The summed E-state index contributed by atoms with van der Waals surface area (Å²) in [5.74, 6) is 0. The van der Waals surface area contributed by atoms with E-state index in [0.29, 0.717) is 0 Å². The van der Waals surface area contributed by atoms with Crippen molar-refractivity contribution < 1.29 is 37.5 Å². The topological polar surface area (TPSA) is 25.8 Å². The average Bonchev–Trinajstić information content (AvgIpc) is 1.72. The fourth-order valence-electron chi connectivity index (χ4n) is 0.253. The van der Waals surface area contributed by atoms with Crippen LogP contribution < -0.4 is 0 Å². The number of hydrogen-bond donors (Lipinski definition) is 0. The van der Waals surface area contributed by atoms with E-state index in [-0.39, 0.29) is 37.5 Å². The third kappa shape index (κ3) is 4.42. The van der Waals surface area contributed by atoms with E-state index in [1.54, 1.807) is 18.5 Å². The van der Waals surface area contributed by atoms with Gasteiger partial charge in [0.15, 0.2) is 0 Å². The molecule has 1 heterocycles. The van der Waals surface area contributed by atoms with Gasteiger partial charge in [0, 0.05) is 49.9 Å². The predicted molar refractivity (Wildman–Crippen MR) is 22.0 cm³/mol. The van der Waals surface area contributed by atoms with E-state index in [1.165, 1.54) is 6.33 Å². The molecule has 0 N–H and O–H groups in total. The Morgan fingerprint density at radius 1 is 1.00 bits per heavy atom. The van der Waals surface area contributed by atoms with Gasteiger partial charge in [-0.3, -0.25) is 0 Å². The molecule has 0 radical (unpaired) electrons. The molecule has 0 aromatic carbocycles. The summed E-state index contributed by atoms with van der Waals surface area (Å²) in [6, 6.07) is 1.78. The first-order valence-electron chi connectivity index (χ1n) is 1.70. The smallest absolute Gasteiger partial charge is 0.115 e. The Hall–Kier alpha value is 0.262. The minimum absolute atomic E-state index is 0. The molecule has 8 heavy (non-hydrogen) atoms. The predicted octanol–water partition coefficient (Wildman–Crippen LogP) is 0.472. The Balaban J connectivity index is 0. The van der Waals surface area contributed by atoms with E-state index in [1.807, 2.05) is 0 Å². The molecule has 1 aromatic heterocycles. The molecule has 0 atom stereocenters. The second-order valence-electron chi connectivity index (χ2n) is 0.904. The number of nitrogens with zero attached hydrogens (tertiary/aromatic N) is 2. The molecule has 0 aliphatic heterocycles. The summed E-state index contributed by atoms with van der Waals surface area (Å²) < 4.78 is 0. The van der Waals surface area contributed by atoms with Gasteiger partial charge >= 0.3 is 0 Å². The maximum Gasteiger partial charge on any atom is 0.115 e. The molecule has 0 aliphatic rings. The number of rotatable bonds is 0. The third-order valence-electron chi connectivity index (χ3n) is 0.478. The van der Waals surface area contributed by atoms with Gasteiger partial charge in [-0.15, -0.1) is 0 Å². The number of aromatic nitrogens is 2. The molecule has 1 aromatic rings. The third-order valence-corrected chi connectivity index (χ3v) is 0.478. The van der Waals surface area contributed by atoms with Crippen LogP contribution in [0.3, 0.4) is 0 Å². The van der Waals surface area contributed by atoms with Crippen molar-refractivity contribution in [1.82, 2.24) is 9.97 Å². The zero-order chi connectivity index (χ0) is 4.24. The van der Waals surface area contributed by atoms with Crippen molar-refractivity contribution in [2.75, 3.05) is 0 Å². The van der Waals surface area contributed by atoms with Crippen LogP contribution in [0.4, 0.5) is 0 Å². The van der Waals surface area contributed by atoms with Gasteiger partial charge in [0.05, 0.1) is 0 Å². The first-order valence-corrected chi connectivity index (χ1v) is 1.70. The van der Waals surface area contributed by atoms with Crippen molar-refractivity contribution in [2.45, 2.75) is 0 Å². The molecule has 48 valence electrons. The summed E-state index contributed by atoms with van der Waals surface area (Å²) in [7, 11) is 0. The molecule has 0 bridgehead atoms. The Morgan fingerprint density at radius 2 is 1.50 bits per heavy atom. The van der Waals surface area contributed by atoms with E-state index < -0.39 is 0 Å². The fourth-order valence-corrected chi connectivity index (χ4v) is 0.253. The Morgan fingerprint density at radius 3 is 1.62 bits per heavy atom. The Bertz CT molecular complexity index is 86.0. The van der Waals surface area contributed by atoms with Gasteiger partial charge in [0.1, 0.15) is 6.33 Å². The molecule has 0 saturated heterocycles. The Labute approximate surface area is 72.2 Å². The molecule has 0 spiro atoms. The van der Waals surface area contributed by atoms with Gasteiger partial charge in [0.25, 0.3) is 0 Å². The van der Waals surface area contributed by atoms with Gasteiger partial charge in [-0.05, 0) is 6.07 Å². The SMILES string of the molecule is [Fe].[Pd].c1cncnc1. The van der Waals surface area contributed by atoms with Crippen LogP contribution in [0.5, 0.6) is 0 Å². The summed E-state index contributed by atoms with van der Waals surface area (Å²) in [5, 5.41) is 0. The summed E-state index contributed by atoms with van der Waals surface area (Å²) in [6.45, 7) is 0. The van der Waals surface area contributed by atoms with Crippen LogP contribution in [-0.2, 0) is 37.5 Å². The zero-order valence-electron chi connectivity index (χ0n) is 3.87. The van der Waals surface area contributed by atoms with E-state index >= 15 is 0 Å². The van der Waals surface area contributed by atoms with Crippen molar-refractivity contribution in [2.24, 2.45) is 0 Å². The van der Waals surface area contributed by atoms with Crippen molar-refractivity contribution in [3.8, 4) is 0 Å². The van der Waals surface area contributed by atoms with Crippen LogP contribution in [0.2, 0.25) is 0 Å². The van der Waals surface area contributed by atoms with Gasteiger partial charge < -0.3 is 0 Å². The van der Waals surface area contributed by atoms with Crippen molar-refractivity contribution in [3.63, 3.8) is 0 Å². The van der Waals surface area contributed by atoms with Crippen LogP contribution in [0.1, 0.15) is 0 Å². The summed E-state index contributed by atoms with van der Waals surface area (Å²) in [4.78, 5) is 7.35. The second kappa shape index (κ2) is 7.26. The molecule has 0 fully saturated rings. The molecule has 0 unspecified atom stereocenters. The van der Waals surface area contributed by atoms with Gasteiger partial charge in [-0.25, -0.2) is 9.97 Å².